The Balaban J connectivity index is 2.17. The quantitative estimate of drug-likeness (QED) is 0.692. The number of rotatable bonds is 4. The van der Waals surface area contributed by atoms with Gasteiger partial charge >= 0.3 is 0 Å². The molecule has 0 unspecified atom stereocenters. The van der Waals surface area contributed by atoms with E-state index in [1.54, 1.807) is 31.4 Å². The highest BCUT2D eigenvalue weighted by molar-refractivity contribution is 6.34. The molecule has 0 radical (unpaired) electrons. The van der Waals surface area contributed by atoms with Gasteiger partial charge in [0.15, 0.2) is 0 Å². The van der Waals surface area contributed by atoms with Gasteiger partial charge in [0.05, 0.1) is 22.6 Å². The summed E-state index contributed by atoms with van der Waals surface area (Å²) in [5.74, 6) is 0.224. The Kier molecular flexibility index (Phi) is 4.39. The molecule has 2 aromatic rings. The Morgan fingerprint density at radius 1 is 1.24 bits per heavy atom. The molecule has 0 saturated carbocycles. The van der Waals surface area contributed by atoms with E-state index < -0.39 is 10.8 Å². The minimum Gasteiger partial charge on any atom is -0.497 e. The highest BCUT2D eigenvalue weighted by Gasteiger charge is 2.15. The summed E-state index contributed by atoms with van der Waals surface area (Å²) >= 11 is 5.90. The van der Waals surface area contributed by atoms with Gasteiger partial charge in [-0.2, -0.15) is 0 Å². The van der Waals surface area contributed by atoms with Crippen LogP contribution in [0.1, 0.15) is 10.4 Å². The lowest BCUT2D eigenvalue weighted by atomic mass is 10.2. The molecule has 1 amide bonds. The van der Waals surface area contributed by atoms with Gasteiger partial charge in [0, 0.05) is 17.8 Å². The number of hydrogen-bond acceptors (Lipinski definition) is 4. The van der Waals surface area contributed by atoms with Gasteiger partial charge in [0.2, 0.25) is 0 Å². The number of amides is 1. The number of carbonyl (C=O) groups is 1. The van der Waals surface area contributed by atoms with Crippen molar-refractivity contribution in [2.24, 2.45) is 0 Å². The number of nitrogens with zero attached hydrogens (tertiary/aromatic N) is 1. The molecular formula is C14H11ClN2O4. The lowest BCUT2D eigenvalue weighted by Crippen LogP contribution is -2.12. The van der Waals surface area contributed by atoms with E-state index in [0.29, 0.717) is 11.4 Å². The van der Waals surface area contributed by atoms with E-state index in [-0.39, 0.29) is 16.3 Å². The molecular weight excluding hydrogens is 296 g/mol. The minimum absolute atomic E-state index is 0.0233. The highest BCUT2D eigenvalue weighted by Crippen LogP contribution is 2.24. The second kappa shape index (κ2) is 6.23. The fraction of sp³-hybridized carbons (Fsp3) is 0.0714. The van der Waals surface area contributed by atoms with Crippen LogP contribution < -0.4 is 10.1 Å². The van der Waals surface area contributed by atoms with Crippen molar-refractivity contribution in [2.45, 2.75) is 0 Å². The Morgan fingerprint density at radius 2 is 1.90 bits per heavy atom. The van der Waals surface area contributed by atoms with Crippen molar-refractivity contribution in [1.29, 1.82) is 0 Å². The van der Waals surface area contributed by atoms with Gasteiger partial charge in [0.25, 0.3) is 11.6 Å². The molecule has 0 aliphatic heterocycles. The van der Waals surface area contributed by atoms with Gasteiger partial charge in [-0.3, -0.25) is 14.9 Å². The number of benzene rings is 2. The van der Waals surface area contributed by atoms with Crippen LogP contribution in [0.2, 0.25) is 5.02 Å². The summed E-state index contributed by atoms with van der Waals surface area (Å²) in [4.78, 5) is 22.1. The van der Waals surface area contributed by atoms with Gasteiger partial charge in [0.1, 0.15) is 5.75 Å². The molecule has 0 fully saturated rings. The minimum atomic E-state index is -0.572. The number of nitro benzene ring substituents is 1. The Morgan fingerprint density at radius 3 is 2.43 bits per heavy atom. The third kappa shape index (κ3) is 3.49. The zero-order valence-corrected chi connectivity index (χ0v) is 11.8. The molecule has 108 valence electrons. The third-order valence-electron chi connectivity index (χ3n) is 2.76. The molecule has 0 aromatic heterocycles. The van der Waals surface area contributed by atoms with Crippen LogP contribution in [0.4, 0.5) is 11.4 Å². The second-order valence-electron chi connectivity index (χ2n) is 4.10. The first-order chi connectivity index (χ1) is 10.0. The number of methoxy groups -OCH3 is 1. The van der Waals surface area contributed by atoms with Crippen LogP contribution in [0.15, 0.2) is 42.5 Å². The fourth-order valence-corrected chi connectivity index (χ4v) is 1.94. The third-order valence-corrected chi connectivity index (χ3v) is 3.07. The van der Waals surface area contributed by atoms with Crippen LogP contribution in [0.5, 0.6) is 5.75 Å². The van der Waals surface area contributed by atoms with E-state index >= 15 is 0 Å². The van der Waals surface area contributed by atoms with Gasteiger partial charge in [-0.15, -0.1) is 0 Å². The van der Waals surface area contributed by atoms with Gasteiger partial charge in [-0.05, 0) is 30.3 Å². The number of non-ortho nitro benzene ring substituents is 1. The average molecular weight is 307 g/mol. The van der Waals surface area contributed by atoms with Crippen molar-refractivity contribution in [2.75, 3.05) is 12.4 Å². The standard InChI is InChI=1S/C14H11ClN2O4/c1-21-11-5-2-9(3-6-11)16-14(18)12-7-4-10(17(19)20)8-13(12)15/h2-8H,1H3,(H,16,18). The van der Waals surface area contributed by atoms with E-state index in [1.165, 1.54) is 12.1 Å². The lowest BCUT2D eigenvalue weighted by Gasteiger charge is -2.07. The van der Waals surface area contributed by atoms with Crippen molar-refractivity contribution >= 4 is 28.9 Å². The number of ether oxygens (including phenoxy) is 1. The first-order valence-corrected chi connectivity index (χ1v) is 6.28. The molecule has 0 saturated heterocycles. The number of halogens is 1. The van der Waals surface area contributed by atoms with E-state index in [4.69, 9.17) is 16.3 Å². The molecule has 6 nitrogen and oxygen atoms in total. The maximum Gasteiger partial charge on any atom is 0.270 e. The summed E-state index contributed by atoms with van der Waals surface area (Å²) in [7, 11) is 1.55. The smallest absolute Gasteiger partial charge is 0.270 e. The summed E-state index contributed by atoms with van der Waals surface area (Å²) < 4.78 is 5.02. The van der Waals surface area contributed by atoms with Crippen molar-refractivity contribution in [3.8, 4) is 5.75 Å². The zero-order chi connectivity index (χ0) is 15.4. The predicted octanol–water partition coefficient (Wildman–Crippen LogP) is 3.51. The molecule has 1 N–H and O–H groups in total. The van der Waals surface area contributed by atoms with E-state index in [1.807, 2.05) is 0 Å². The molecule has 7 heteroatoms. The van der Waals surface area contributed by atoms with E-state index in [0.717, 1.165) is 6.07 Å². The van der Waals surface area contributed by atoms with E-state index in [2.05, 4.69) is 5.32 Å². The number of nitro groups is 1. The van der Waals surface area contributed by atoms with Crippen molar-refractivity contribution in [1.82, 2.24) is 0 Å². The average Bonchev–Trinajstić information content (AvgIpc) is 2.47. The molecule has 0 spiro atoms. The summed E-state index contributed by atoms with van der Waals surface area (Å²) in [6, 6.07) is 10.4. The van der Waals surface area contributed by atoms with Crippen LogP contribution >= 0.6 is 11.6 Å². The van der Waals surface area contributed by atoms with Crippen LogP contribution in [0.3, 0.4) is 0 Å². The number of nitrogens with one attached hydrogen (secondary N) is 1. The van der Waals surface area contributed by atoms with Crippen LogP contribution in [-0.4, -0.2) is 17.9 Å². The van der Waals surface area contributed by atoms with Gasteiger partial charge in [-0.25, -0.2) is 0 Å². The molecule has 0 aliphatic rings. The normalized spacial score (nSPS) is 10.0. The molecule has 2 aromatic carbocycles. The fourth-order valence-electron chi connectivity index (χ4n) is 1.67. The maximum absolute atomic E-state index is 12.1. The molecule has 0 heterocycles. The Hall–Kier alpha value is -2.60. The Bertz CT molecular complexity index is 686. The van der Waals surface area contributed by atoms with Crippen LogP contribution in [0, 0.1) is 10.1 Å². The topological polar surface area (TPSA) is 81.5 Å². The monoisotopic (exact) mass is 306 g/mol. The number of hydrogen-bond donors (Lipinski definition) is 1. The predicted molar refractivity (Wildman–Crippen MR) is 79.1 cm³/mol. The summed E-state index contributed by atoms with van der Waals surface area (Å²) in [5, 5.41) is 13.3. The molecule has 21 heavy (non-hydrogen) atoms. The SMILES string of the molecule is COc1ccc(NC(=O)c2ccc([N+](=O)[O-])cc2Cl)cc1. The molecule has 0 aliphatic carbocycles. The van der Waals surface area contributed by atoms with Gasteiger partial charge < -0.3 is 10.1 Å². The summed E-state index contributed by atoms with van der Waals surface area (Å²) in [6.45, 7) is 0. The van der Waals surface area contributed by atoms with Crippen LogP contribution in [0.25, 0.3) is 0 Å². The van der Waals surface area contributed by atoms with Crippen molar-refractivity contribution in [3.05, 3.63) is 63.2 Å². The first-order valence-electron chi connectivity index (χ1n) is 5.90. The van der Waals surface area contributed by atoms with Crippen molar-refractivity contribution < 1.29 is 14.5 Å². The lowest BCUT2D eigenvalue weighted by molar-refractivity contribution is -0.384. The molecule has 2 rings (SSSR count). The number of carbonyl (C=O) groups excluding carboxylic acids is 1. The summed E-state index contributed by atoms with van der Waals surface area (Å²) in [6.07, 6.45) is 0. The zero-order valence-electron chi connectivity index (χ0n) is 11.0. The number of anilines is 1. The highest BCUT2D eigenvalue weighted by atomic mass is 35.5. The maximum atomic E-state index is 12.1. The molecule has 0 atom stereocenters. The first kappa shape index (κ1) is 14.8. The van der Waals surface area contributed by atoms with E-state index in [9.17, 15) is 14.9 Å². The largest absolute Gasteiger partial charge is 0.497 e. The molecule has 0 bridgehead atoms. The van der Waals surface area contributed by atoms with Crippen molar-refractivity contribution in [3.63, 3.8) is 0 Å². The summed E-state index contributed by atoms with van der Waals surface area (Å²) in [5.41, 5.74) is 0.564. The Labute approximate surface area is 125 Å². The van der Waals surface area contributed by atoms with Gasteiger partial charge in [-0.1, -0.05) is 11.6 Å². The van der Waals surface area contributed by atoms with Crippen LogP contribution in [-0.2, 0) is 0 Å². The second-order valence-corrected chi connectivity index (χ2v) is 4.51.